The summed E-state index contributed by atoms with van der Waals surface area (Å²) in [6, 6.07) is 13.5. The standard InChI is InChI=1S/C24H26N4O/c1-14-9-15(2)22(10-21(14)23(27)16(3)17(4)26)24(29)28-12-20(13-28)19-7-5-18(11-25)6-8-19/h5-10,20,27H,12-13,26H2,1-4H3/b17-16-,27-23?. The van der Waals surface area contributed by atoms with Gasteiger partial charge in [0.1, 0.15) is 0 Å². The highest BCUT2D eigenvalue weighted by molar-refractivity contribution is 6.12. The number of rotatable bonds is 4. The monoisotopic (exact) mass is 386 g/mol. The van der Waals surface area contributed by atoms with Crippen LogP contribution in [0.15, 0.2) is 47.7 Å². The predicted molar refractivity (Wildman–Crippen MR) is 115 cm³/mol. The highest BCUT2D eigenvalue weighted by Gasteiger charge is 2.33. The van der Waals surface area contributed by atoms with E-state index in [4.69, 9.17) is 16.4 Å². The van der Waals surface area contributed by atoms with Gasteiger partial charge in [-0.1, -0.05) is 18.2 Å². The first-order valence-corrected chi connectivity index (χ1v) is 9.65. The molecule has 1 saturated heterocycles. The summed E-state index contributed by atoms with van der Waals surface area (Å²) in [5.74, 6) is 0.285. The lowest BCUT2D eigenvalue weighted by Gasteiger charge is -2.40. The summed E-state index contributed by atoms with van der Waals surface area (Å²) in [4.78, 5) is 14.9. The molecule has 5 heteroatoms. The fourth-order valence-electron chi connectivity index (χ4n) is 3.61. The number of amides is 1. The minimum atomic E-state index is -0.00690. The minimum Gasteiger partial charge on any atom is -0.402 e. The zero-order valence-corrected chi connectivity index (χ0v) is 17.3. The quantitative estimate of drug-likeness (QED) is 0.777. The Balaban J connectivity index is 1.80. The van der Waals surface area contributed by atoms with Crippen LogP contribution in [-0.2, 0) is 0 Å². The number of benzene rings is 2. The summed E-state index contributed by atoms with van der Waals surface area (Å²) in [5.41, 5.74) is 12.6. The van der Waals surface area contributed by atoms with E-state index in [-0.39, 0.29) is 5.91 Å². The fraction of sp³-hybridized carbons (Fsp3) is 0.292. The Morgan fingerprint density at radius 3 is 2.24 bits per heavy atom. The van der Waals surface area contributed by atoms with Crippen LogP contribution in [-0.4, -0.2) is 29.6 Å². The van der Waals surface area contributed by atoms with Crippen LogP contribution in [0.4, 0.5) is 0 Å². The zero-order chi connectivity index (χ0) is 21.3. The average Bonchev–Trinajstić information content (AvgIpc) is 2.66. The maximum atomic E-state index is 13.1. The van der Waals surface area contributed by atoms with Gasteiger partial charge in [0.2, 0.25) is 0 Å². The van der Waals surface area contributed by atoms with Gasteiger partial charge in [0.05, 0.1) is 17.3 Å². The number of nitriles is 1. The Morgan fingerprint density at radius 1 is 1.10 bits per heavy atom. The van der Waals surface area contributed by atoms with Crippen molar-refractivity contribution in [3.8, 4) is 6.07 Å². The van der Waals surface area contributed by atoms with Crippen LogP contribution in [0.2, 0.25) is 0 Å². The van der Waals surface area contributed by atoms with Crippen molar-refractivity contribution in [1.82, 2.24) is 4.90 Å². The molecular weight excluding hydrogens is 360 g/mol. The van der Waals surface area contributed by atoms with E-state index >= 15 is 0 Å². The van der Waals surface area contributed by atoms with E-state index in [0.717, 1.165) is 27.8 Å². The summed E-state index contributed by atoms with van der Waals surface area (Å²) in [6.45, 7) is 8.81. The van der Waals surface area contributed by atoms with Gasteiger partial charge in [-0.2, -0.15) is 5.26 Å². The van der Waals surface area contributed by atoms with E-state index in [0.29, 0.717) is 41.5 Å². The maximum Gasteiger partial charge on any atom is 0.254 e. The Labute approximate surface area is 172 Å². The molecule has 0 spiro atoms. The van der Waals surface area contributed by atoms with Gasteiger partial charge in [-0.25, -0.2) is 0 Å². The molecule has 0 aromatic heterocycles. The number of hydrogen-bond donors (Lipinski definition) is 2. The van der Waals surface area contributed by atoms with Crippen molar-refractivity contribution in [3.63, 3.8) is 0 Å². The van der Waals surface area contributed by atoms with E-state index in [9.17, 15) is 4.79 Å². The van der Waals surface area contributed by atoms with Crippen molar-refractivity contribution in [2.75, 3.05) is 13.1 Å². The van der Waals surface area contributed by atoms with Crippen LogP contribution in [0, 0.1) is 30.6 Å². The number of carbonyl (C=O) groups excluding carboxylic acids is 1. The van der Waals surface area contributed by atoms with Gasteiger partial charge in [-0.05, 0) is 68.2 Å². The fourth-order valence-corrected chi connectivity index (χ4v) is 3.61. The van der Waals surface area contributed by atoms with Crippen molar-refractivity contribution < 1.29 is 4.79 Å². The van der Waals surface area contributed by atoms with Gasteiger partial charge < -0.3 is 10.6 Å². The molecule has 1 amide bonds. The molecule has 2 aromatic carbocycles. The second-order valence-corrected chi connectivity index (χ2v) is 7.81. The number of nitrogens with one attached hydrogen (secondary N) is 1. The van der Waals surface area contributed by atoms with Gasteiger partial charge in [0.15, 0.2) is 0 Å². The Bertz CT molecular complexity index is 1050. The lowest BCUT2D eigenvalue weighted by atomic mass is 9.89. The molecule has 3 N–H and O–H groups in total. The number of hydrogen-bond acceptors (Lipinski definition) is 4. The highest BCUT2D eigenvalue weighted by Crippen LogP contribution is 2.30. The van der Waals surface area contributed by atoms with E-state index in [1.54, 1.807) is 6.92 Å². The molecule has 0 saturated carbocycles. The van der Waals surface area contributed by atoms with E-state index < -0.39 is 0 Å². The lowest BCUT2D eigenvalue weighted by Crippen LogP contribution is -2.48. The first-order valence-electron chi connectivity index (χ1n) is 9.65. The first-order chi connectivity index (χ1) is 13.7. The molecule has 1 heterocycles. The van der Waals surface area contributed by atoms with Crippen LogP contribution in [0.1, 0.15) is 57.9 Å². The maximum absolute atomic E-state index is 13.1. The van der Waals surface area contributed by atoms with Gasteiger partial charge in [0, 0.05) is 35.8 Å². The SMILES string of the molecule is C/C(N)=C(\C)C(=N)c1cc(C(=O)N2CC(c3ccc(C#N)cc3)C2)c(C)cc1C. The van der Waals surface area contributed by atoms with E-state index in [1.165, 1.54) is 0 Å². The molecule has 1 aliphatic rings. The zero-order valence-electron chi connectivity index (χ0n) is 17.3. The molecule has 1 aliphatic heterocycles. The van der Waals surface area contributed by atoms with Crippen molar-refractivity contribution in [2.24, 2.45) is 5.73 Å². The third kappa shape index (κ3) is 3.93. The van der Waals surface area contributed by atoms with Crippen LogP contribution < -0.4 is 5.73 Å². The number of allylic oxidation sites excluding steroid dienone is 2. The molecule has 29 heavy (non-hydrogen) atoms. The molecule has 148 valence electrons. The minimum absolute atomic E-state index is 0.00690. The molecule has 3 rings (SSSR count). The Morgan fingerprint density at radius 2 is 1.69 bits per heavy atom. The molecule has 0 aliphatic carbocycles. The number of nitrogens with two attached hydrogens (primary N) is 1. The molecule has 2 aromatic rings. The van der Waals surface area contributed by atoms with E-state index in [2.05, 4.69) is 6.07 Å². The topological polar surface area (TPSA) is 94.0 Å². The first kappa shape index (κ1) is 20.3. The summed E-state index contributed by atoms with van der Waals surface area (Å²) < 4.78 is 0. The molecule has 0 atom stereocenters. The third-order valence-electron chi connectivity index (χ3n) is 5.72. The molecular formula is C24H26N4O. The van der Waals surface area contributed by atoms with Crippen LogP contribution in [0.25, 0.3) is 0 Å². The number of carbonyl (C=O) groups is 1. The van der Waals surface area contributed by atoms with Crippen LogP contribution in [0.3, 0.4) is 0 Å². The van der Waals surface area contributed by atoms with Gasteiger partial charge >= 0.3 is 0 Å². The number of aryl methyl sites for hydroxylation is 2. The highest BCUT2D eigenvalue weighted by atomic mass is 16.2. The van der Waals surface area contributed by atoms with Gasteiger partial charge in [-0.3, -0.25) is 10.2 Å². The molecule has 5 nitrogen and oxygen atoms in total. The molecule has 0 radical (unpaired) electrons. The molecule has 0 unspecified atom stereocenters. The van der Waals surface area contributed by atoms with Crippen molar-refractivity contribution >= 4 is 11.6 Å². The van der Waals surface area contributed by atoms with Crippen LogP contribution in [0.5, 0.6) is 0 Å². The van der Waals surface area contributed by atoms with Crippen molar-refractivity contribution in [1.29, 1.82) is 10.7 Å². The third-order valence-corrected chi connectivity index (χ3v) is 5.72. The van der Waals surface area contributed by atoms with Crippen molar-refractivity contribution in [2.45, 2.75) is 33.6 Å². The van der Waals surface area contributed by atoms with Crippen LogP contribution >= 0.6 is 0 Å². The van der Waals surface area contributed by atoms with E-state index in [1.807, 2.05) is 62.1 Å². The van der Waals surface area contributed by atoms with Crippen molar-refractivity contribution in [3.05, 3.63) is 81.0 Å². The summed E-state index contributed by atoms with van der Waals surface area (Å²) in [6.07, 6.45) is 0. The Kier molecular flexibility index (Phi) is 5.56. The second-order valence-electron chi connectivity index (χ2n) is 7.81. The molecule has 0 bridgehead atoms. The predicted octanol–water partition coefficient (Wildman–Crippen LogP) is 4.04. The largest absolute Gasteiger partial charge is 0.402 e. The summed E-state index contributed by atoms with van der Waals surface area (Å²) in [7, 11) is 0. The number of likely N-dealkylation sites (tertiary alicyclic amines) is 1. The normalized spacial score (nSPS) is 14.7. The average molecular weight is 386 g/mol. The smallest absolute Gasteiger partial charge is 0.254 e. The lowest BCUT2D eigenvalue weighted by molar-refractivity contribution is 0.0601. The second kappa shape index (κ2) is 7.92. The summed E-state index contributed by atoms with van der Waals surface area (Å²) >= 11 is 0. The van der Waals surface area contributed by atoms with Gasteiger partial charge in [-0.15, -0.1) is 0 Å². The van der Waals surface area contributed by atoms with Gasteiger partial charge in [0.25, 0.3) is 5.91 Å². The molecule has 1 fully saturated rings. The summed E-state index contributed by atoms with van der Waals surface area (Å²) in [5, 5.41) is 17.4. The Hall–Kier alpha value is -3.39. The number of nitrogens with zero attached hydrogens (tertiary/aromatic N) is 2.